The summed E-state index contributed by atoms with van der Waals surface area (Å²) < 4.78 is 0.956. The SMILES string of the molecule is C[C@@H](C(=O)NC(C)(C)C)N(Cc1cccc(Br)c1)C(=O)CCSCc1ccccc1. The van der Waals surface area contributed by atoms with Gasteiger partial charge in [0.1, 0.15) is 6.04 Å². The van der Waals surface area contributed by atoms with Gasteiger partial charge in [-0.2, -0.15) is 11.8 Å². The van der Waals surface area contributed by atoms with Gasteiger partial charge in [-0.1, -0.05) is 58.4 Å². The minimum atomic E-state index is -0.546. The van der Waals surface area contributed by atoms with Gasteiger partial charge in [-0.15, -0.1) is 0 Å². The van der Waals surface area contributed by atoms with Crippen molar-refractivity contribution in [2.24, 2.45) is 0 Å². The molecule has 30 heavy (non-hydrogen) atoms. The van der Waals surface area contributed by atoms with E-state index >= 15 is 0 Å². The number of rotatable bonds is 9. The Kier molecular flexibility index (Phi) is 9.43. The monoisotopic (exact) mass is 490 g/mol. The van der Waals surface area contributed by atoms with Crippen molar-refractivity contribution in [3.05, 3.63) is 70.2 Å². The van der Waals surface area contributed by atoms with E-state index < -0.39 is 6.04 Å². The van der Waals surface area contributed by atoms with Crippen molar-refractivity contribution in [2.45, 2.75) is 58.0 Å². The highest BCUT2D eigenvalue weighted by molar-refractivity contribution is 9.10. The molecule has 6 heteroatoms. The summed E-state index contributed by atoms with van der Waals surface area (Å²) >= 11 is 5.22. The Bertz CT molecular complexity index is 837. The third-order valence-corrected chi connectivity index (χ3v) is 6.00. The van der Waals surface area contributed by atoms with Crippen LogP contribution in [0.2, 0.25) is 0 Å². The van der Waals surface area contributed by atoms with Gasteiger partial charge >= 0.3 is 0 Å². The van der Waals surface area contributed by atoms with E-state index in [1.165, 1.54) is 5.56 Å². The normalized spacial score (nSPS) is 12.3. The average Bonchev–Trinajstić information content (AvgIpc) is 2.68. The predicted molar refractivity (Wildman–Crippen MR) is 129 cm³/mol. The van der Waals surface area contributed by atoms with Gasteiger partial charge in [0.05, 0.1) is 0 Å². The molecule has 162 valence electrons. The zero-order chi connectivity index (χ0) is 22.1. The van der Waals surface area contributed by atoms with Crippen molar-refractivity contribution in [3.8, 4) is 0 Å². The van der Waals surface area contributed by atoms with E-state index in [4.69, 9.17) is 0 Å². The van der Waals surface area contributed by atoms with E-state index in [9.17, 15) is 9.59 Å². The van der Waals surface area contributed by atoms with Crippen molar-refractivity contribution >= 4 is 39.5 Å². The first-order valence-corrected chi connectivity index (χ1v) is 12.1. The van der Waals surface area contributed by atoms with Gasteiger partial charge in [0.25, 0.3) is 0 Å². The number of hydrogen-bond donors (Lipinski definition) is 1. The van der Waals surface area contributed by atoms with Crippen molar-refractivity contribution in [3.63, 3.8) is 0 Å². The second-order valence-electron chi connectivity index (χ2n) is 8.35. The van der Waals surface area contributed by atoms with Gasteiger partial charge in [0.2, 0.25) is 11.8 Å². The second-order valence-corrected chi connectivity index (χ2v) is 10.4. The zero-order valence-electron chi connectivity index (χ0n) is 18.2. The molecule has 0 saturated carbocycles. The number of nitrogens with zero attached hydrogens (tertiary/aromatic N) is 1. The molecule has 0 aliphatic carbocycles. The van der Waals surface area contributed by atoms with Crippen LogP contribution in [0.1, 0.15) is 45.2 Å². The molecule has 1 atom stereocenters. The maximum Gasteiger partial charge on any atom is 0.242 e. The third-order valence-electron chi connectivity index (χ3n) is 4.48. The van der Waals surface area contributed by atoms with Crippen molar-refractivity contribution in [2.75, 3.05) is 5.75 Å². The van der Waals surface area contributed by atoms with Crippen LogP contribution in [0, 0.1) is 0 Å². The number of carbonyl (C=O) groups is 2. The third kappa shape index (κ3) is 8.52. The lowest BCUT2D eigenvalue weighted by molar-refractivity contribution is -0.140. The highest BCUT2D eigenvalue weighted by Crippen LogP contribution is 2.18. The second kappa shape index (κ2) is 11.6. The van der Waals surface area contributed by atoms with Crippen molar-refractivity contribution in [1.29, 1.82) is 0 Å². The van der Waals surface area contributed by atoms with Crippen LogP contribution in [0.25, 0.3) is 0 Å². The van der Waals surface area contributed by atoms with Crippen LogP contribution in [0.4, 0.5) is 0 Å². The minimum Gasteiger partial charge on any atom is -0.350 e. The van der Waals surface area contributed by atoms with Gasteiger partial charge in [0.15, 0.2) is 0 Å². The fourth-order valence-electron chi connectivity index (χ4n) is 2.96. The summed E-state index contributed by atoms with van der Waals surface area (Å²) in [5.41, 5.74) is 1.89. The quantitative estimate of drug-likeness (QED) is 0.478. The molecule has 0 aromatic heterocycles. The lowest BCUT2D eigenvalue weighted by Crippen LogP contribution is -2.52. The Hall–Kier alpha value is -1.79. The van der Waals surface area contributed by atoms with Gasteiger partial charge in [0, 0.05) is 34.5 Å². The van der Waals surface area contributed by atoms with E-state index in [-0.39, 0.29) is 17.4 Å². The maximum atomic E-state index is 13.1. The molecular formula is C24H31BrN2O2S. The van der Waals surface area contributed by atoms with E-state index in [1.807, 2.05) is 63.2 Å². The van der Waals surface area contributed by atoms with Crippen LogP contribution in [-0.2, 0) is 21.9 Å². The Morgan fingerprint density at radius 1 is 1.07 bits per heavy atom. The lowest BCUT2D eigenvalue weighted by Gasteiger charge is -2.31. The summed E-state index contributed by atoms with van der Waals surface area (Å²) in [5.74, 6) is 1.45. The predicted octanol–water partition coefficient (Wildman–Crippen LogP) is 5.40. The molecule has 0 spiro atoms. The van der Waals surface area contributed by atoms with Crippen LogP contribution >= 0.6 is 27.7 Å². The van der Waals surface area contributed by atoms with Crippen LogP contribution in [0.15, 0.2) is 59.1 Å². The molecule has 0 saturated heterocycles. The largest absolute Gasteiger partial charge is 0.350 e. The molecule has 0 heterocycles. The molecule has 0 radical (unpaired) electrons. The molecule has 0 aliphatic rings. The number of halogens is 1. The van der Waals surface area contributed by atoms with E-state index in [0.29, 0.717) is 13.0 Å². The molecule has 2 aromatic rings. The maximum absolute atomic E-state index is 13.1. The van der Waals surface area contributed by atoms with Gasteiger partial charge in [-0.05, 0) is 51.0 Å². The molecule has 0 unspecified atom stereocenters. The van der Waals surface area contributed by atoms with Crippen LogP contribution in [0.3, 0.4) is 0 Å². The molecule has 0 bridgehead atoms. The Morgan fingerprint density at radius 3 is 2.37 bits per heavy atom. The number of hydrogen-bond acceptors (Lipinski definition) is 3. The number of benzene rings is 2. The number of carbonyl (C=O) groups excluding carboxylic acids is 2. The Balaban J connectivity index is 2.03. The van der Waals surface area contributed by atoms with Gasteiger partial charge in [-0.3, -0.25) is 9.59 Å². The number of amides is 2. The highest BCUT2D eigenvalue weighted by atomic mass is 79.9. The van der Waals surface area contributed by atoms with Gasteiger partial charge < -0.3 is 10.2 Å². The summed E-state index contributed by atoms with van der Waals surface area (Å²) in [7, 11) is 0. The van der Waals surface area contributed by atoms with E-state index in [0.717, 1.165) is 21.5 Å². The summed E-state index contributed by atoms with van der Waals surface area (Å²) in [6, 6.07) is 17.5. The topological polar surface area (TPSA) is 49.4 Å². The summed E-state index contributed by atoms with van der Waals surface area (Å²) in [6.45, 7) is 8.03. The smallest absolute Gasteiger partial charge is 0.242 e. The fourth-order valence-corrected chi connectivity index (χ4v) is 4.29. The molecule has 1 N–H and O–H groups in total. The first kappa shape index (κ1) is 24.5. The van der Waals surface area contributed by atoms with Crippen LogP contribution in [0.5, 0.6) is 0 Å². The zero-order valence-corrected chi connectivity index (χ0v) is 20.6. The number of thioether (sulfide) groups is 1. The lowest BCUT2D eigenvalue weighted by atomic mass is 10.1. The Morgan fingerprint density at radius 2 is 1.73 bits per heavy atom. The highest BCUT2D eigenvalue weighted by Gasteiger charge is 2.28. The Labute approximate surface area is 192 Å². The molecule has 2 rings (SSSR count). The molecule has 2 aromatic carbocycles. The molecule has 0 aliphatic heterocycles. The van der Waals surface area contributed by atoms with Crippen LogP contribution in [-0.4, -0.2) is 34.0 Å². The first-order valence-electron chi connectivity index (χ1n) is 10.1. The molecule has 0 fully saturated rings. The summed E-state index contributed by atoms with van der Waals surface area (Å²) in [4.78, 5) is 27.5. The molecule has 2 amide bonds. The first-order chi connectivity index (χ1) is 14.2. The summed E-state index contributed by atoms with van der Waals surface area (Å²) in [5, 5.41) is 2.99. The van der Waals surface area contributed by atoms with E-state index in [2.05, 4.69) is 33.4 Å². The minimum absolute atomic E-state index is 0.00732. The fraction of sp³-hybridized carbons (Fsp3) is 0.417. The average molecular weight is 491 g/mol. The van der Waals surface area contributed by atoms with Crippen molar-refractivity contribution < 1.29 is 9.59 Å². The molecular weight excluding hydrogens is 460 g/mol. The number of nitrogens with one attached hydrogen (secondary N) is 1. The van der Waals surface area contributed by atoms with Gasteiger partial charge in [-0.25, -0.2) is 0 Å². The van der Waals surface area contributed by atoms with Crippen molar-refractivity contribution in [1.82, 2.24) is 10.2 Å². The summed E-state index contributed by atoms with van der Waals surface area (Å²) in [6.07, 6.45) is 0.401. The standard InChI is InChI=1S/C24H31BrN2O2S/c1-18(23(29)26-24(2,3)4)27(16-20-11-8-12-21(25)15-20)22(28)13-14-30-17-19-9-6-5-7-10-19/h5-12,15,18H,13-14,16-17H2,1-4H3,(H,26,29)/t18-/m0/s1. The van der Waals surface area contributed by atoms with E-state index in [1.54, 1.807) is 23.6 Å². The molecule has 4 nitrogen and oxygen atoms in total. The van der Waals surface area contributed by atoms with Crippen LogP contribution < -0.4 is 5.32 Å².